The van der Waals surface area contributed by atoms with Crippen LogP contribution in [0.5, 0.6) is 0 Å². The van der Waals surface area contributed by atoms with E-state index in [-0.39, 0.29) is 6.04 Å². The number of aromatic nitrogens is 2. The summed E-state index contributed by atoms with van der Waals surface area (Å²) in [4.78, 5) is 4.37. The number of nitrogens with zero attached hydrogens (tertiary/aromatic N) is 2. The van der Waals surface area contributed by atoms with E-state index in [0.29, 0.717) is 10.0 Å². The Hall–Kier alpha value is -1.07. The molecule has 1 unspecified atom stereocenters. The average Bonchev–Trinajstić information content (AvgIpc) is 2.83. The predicted octanol–water partition coefficient (Wildman–Crippen LogP) is 3.15. The van der Waals surface area contributed by atoms with Crippen LogP contribution >= 0.6 is 23.2 Å². The first-order chi connectivity index (χ1) is 9.17. The summed E-state index contributed by atoms with van der Waals surface area (Å²) in [5, 5.41) is 1.23. The van der Waals surface area contributed by atoms with Gasteiger partial charge in [-0.05, 0) is 30.2 Å². The fraction of sp³-hybridized carbons (Fsp3) is 0.308. The first-order valence-electron chi connectivity index (χ1n) is 6.09. The summed E-state index contributed by atoms with van der Waals surface area (Å²) < 4.78 is 2.06. The van der Waals surface area contributed by atoms with Crippen molar-refractivity contribution < 1.29 is 0 Å². The van der Waals surface area contributed by atoms with Gasteiger partial charge in [0.1, 0.15) is 11.9 Å². The smallest absolute Gasteiger partial charge is 0.131 e. The number of imidazole rings is 1. The molecule has 1 aromatic heterocycles. The molecule has 2 rings (SSSR count). The lowest BCUT2D eigenvalue weighted by Crippen LogP contribution is -2.31. The third kappa shape index (κ3) is 3.09. The molecule has 0 aliphatic rings. The van der Waals surface area contributed by atoms with Crippen molar-refractivity contribution in [3.05, 3.63) is 52.0 Å². The van der Waals surface area contributed by atoms with E-state index in [1.807, 2.05) is 6.20 Å². The first-order valence-corrected chi connectivity index (χ1v) is 6.85. The van der Waals surface area contributed by atoms with E-state index in [2.05, 4.69) is 21.9 Å². The van der Waals surface area contributed by atoms with Crippen molar-refractivity contribution in [3.63, 3.8) is 0 Å². The van der Waals surface area contributed by atoms with Gasteiger partial charge in [0.25, 0.3) is 0 Å². The van der Waals surface area contributed by atoms with Crippen molar-refractivity contribution in [1.82, 2.24) is 15.0 Å². The van der Waals surface area contributed by atoms with Gasteiger partial charge in [-0.15, -0.1) is 0 Å². The highest BCUT2D eigenvalue weighted by atomic mass is 35.5. The zero-order valence-electron chi connectivity index (χ0n) is 10.6. The minimum atomic E-state index is -0.284. The zero-order valence-corrected chi connectivity index (χ0v) is 12.1. The maximum absolute atomic E-state index is 6.22. The summed E-state index contributed by atoms with van der Waals surface area (Å²) in [7, 11) is 0. The molecule has 19 heavy (non-hydrogen) atoms. The van der Waals surface area contributed by atoms with E-state index in [1.165, 1.54) is 0 Å². The molecule has 4 nitrogen and oxygen atoms in total. The van der Waals surface area contributed by atoms with E-state index in [4.69, 9.17) is 29.0 Å². The van der Waals surface area contributed by atoms with Gasteiger partial charge >= 0.3 is 0 Å². The van der Waals surface area contributed by atoms with Crippen molar-refractivity contribution in [1.29, 1.82) is 0 Å². The molecule has 102 valence electrons. The van der Waals surface area contributed by atoms with Crippen LogP contribution in [-0.4, -0.2) is 9.55 Å². The van der Waals surface area contributed by atoms with Crippen molar-refractivity contribution in [2.24, 2.45) is 5.84 Å². The van der Waals surface area contributed by atoms with Crippen LogP contribution in [0.2, 0.25) is 10.0 Å². The van der Waals surface area contributed by atoms with Crippen LogP contribution in [0.15, 0.2) is 30.6 Å². The van der Waals surface area contributed by atoms with Gasteiger partial charge in [-0.25, -0.2) is 10.4 Å². The van der Waals surface area contributed by atoms with E-state index >= 15 is 0 Å². The summed E-state index contributed by atoms with van der Waals surface area (Å²) in [5.41, 5.74) is 3.58. The van der Waals surface area contributed by atoms with E-state index < -0.39 is 0 Å². The number of rotatable bonds is 5. The largest absolute Gasteiger partial charge is 0.333 e. The van der Waals surface area contributed by atoms with Gasteiger partial charge < -0.3 is 4.57 Å². The SMILES string of the molecule is CCCn1ccnc1C(NN)c1cc(Cl)ccc1Cl. The minimum absolute atomic E-state index is 0.284. The Morgan fingerprint density at radius 3 is 2.89 bits per heavy atom. The molecule has 0 spiro atoms. The lowest BCUT2D eigenvalue weighted by molar-refractivity contribution is 0.545. The lowest BCUT2D eigenvalue weighted by atomic mass is 10.1. The number of nitrogens with two attached hydrogens (primary N) is 1. The number of halogens is 2. The molecule has 0 bridgehead atoms. The standard InChI is InChI=1S/C13H16Cl2N4/c1-2-6-19-7-5-17-13(19)12(18-16)10-8-9(14)3-4-11(10)15/h3-5,7-8,12,18H,2,6,16H2,1H3. The van der Waals surface area contributed by atoms with Crippen LogP contribution in [0, 0.1) is 0 Å². The second-order valence-electron chi connectivity index (χ2n) is 4.24. The zero-order chi connectivity index (χ0) is 13.8. The van der Waals surface area contributed by atoms with E-state index in [0.717, 1.165) is 24.4 Å². The molecule has 0 aliphatic heterocycles. The number of hydrogen-bond donors (Lipinski definition) is 2. The molecule has 1 aromatic carbocycles. The van der Waals surface area contributed by atoms with Gasteiger partial charge in [0.15, 0.2) is 0 Å². The highest BCUT2D eigenvalue weighted by Crippen LogP contribution is 2.29. The van der Waals surface area contributed by atoms with Gasteiger partial charge in [-0.2, -0.15) is 0 Å². The summed E-state index contributed by atoms with van der Waals surface area (Å²) in [6, 6.07) is 5.03. The molecule has 0 saturated carbocycles. The summed E-state index contributed by atoms with van der Waals surface area (Å²) in [6.07, 6.45) is 4.71. The van der Waals surface area contributed by atoms with Gasteiger partial charge in [0.05, 0.1) is 0 Å². The molecule has 1 heterocycles. The number of hydrazine groups is 1. The van der Waals surface area contributed by atoms with Crippen molar-refractivity contribution >= 4 is 23.2 Å². The maximum atomic E-state index is 6.22. The summed E-state index contributed by atoms with van der Waals surface area (Å²) >= 11 is 12.3. The highest BCUT2D eigenvalue weighted by Gasteiger charge is 2.20. The number of aryl methyl sites for hydroxylation is 1. The van der Waals surface area contributed by atoms with E-state index in [1.54, 1.807) is 24.4 Å². The van der Waals surface area contributed by atoms with Crippen LogP contribution in [0.3, 0.4) is 0 Å². The maximum Gasteiger partial charge on any atom is 0.131 e. The van der Waals surface area contributed by atoms with Gasteiger partial charge in [0.2, 0.25) is 0 Å². The van der Waals surface area contributed by atoms with Crippen LogP contribution < -0.4 is 11.3 Å². The normalized spacial score (nSPS) is 12.6. The molecule has 3 N–H and O–H groups in total. The van der Waals surface area contributed by atoms with Crippen molar-refractivity contribution in [3.8, 4) is 0 Å². The average molecular weight is 299 g/mol. The quantitative estimate of drug-likeness (QED) is 0.658. The minimum Gasteiger partial charge on any atom is -0.333 e. The summed E-state index contributed by atoms with van der Waals surface area (Å²) in [6.45, 7) is 2.99. The first kappa shape index (κ1) is 14.3. The van der Waals surface area contributed by atoms with Gasteiger partial charge in [0, 0.05) is 29.0 Å². The monoisotopic (exact) mass is 298 g/mol. The van der Waals surface area contributed by atoms with Crippen molar-refractivity contribution in [2.45, 2.75) is 25.9 Å². The molecular formula is C13H16Cl2N4. The van der Waals surface area contributed by atoms with Crippen molar-refractivity contribution in [2.75, 3.05) is 0 Å². The molecule has 1 atom stereocenters. The Labute approximate surface area is 122 Å². The highest BCUT2D eigenvalue weighted by molar-refractivity contribution is 6.33. The molecule has 0 saturated heterocycles. The lowest BCUT2D eigenvalue weighted by Gasteiger charge is -2.19. The van der Waals surface area contributed by atoms with Gasteiger partial charge in [-0.1, -0.05) is 30.1 Å². The van der Waals surface area contributed by atoms with Gasteiger partial charge in [-0.3, -0.25) is 5.84 Å². The molecule has 6 heteroatoms. The topological polar surface area (TPSA) is 55.9 Å². The third-order valence-corrected chi connectivity index (χ3v) is 3.49. The molecule has 2 aromatic rings. The fourth-order valence-electron chi connectivity index (χ4n) is 2.05. The Morgan fingerprint density at radius 1 is 1.42 bits per heavy atom. The number of benzene rings is 1. The third-order valence-electron chi connectivity index (χ3n) is 2.91. The predicted molar refractivity (Wildman–Crippen MR) is 78.1 cm³/mol. The number of nitrogens with one attached hydrogen (secondary N) is 1. The van der Waals surface area contributed by atoms with Crippen LogP contribution in [-0.2, 0) is 6.54 Å². The summed E-state index contributed by atoms with van der Waals surface area (Å²) in [5.74, 6) is 6.50. The molecule has 0 aliphatic carbocycles. The molecule has 0 radical (unpaired) electrons. The Balaban J connectivity index is 2.44. The number of hydrogen-bond acceptors (Lipinski definition) is 3. The van der Waals surface area contributed by atoms with E-state index in [9.17, 15) is 0 Å². The second kappa shape index (κ2) is 6.39. The second-order valence-corrected chi connectivity index (χ2v) is 5.09. The molecule has 0 fully saturated rings. The Morgan fingerprint density at radius 2 is 2.21 bits per heavy atom. The van der Waals surface area contributed by atoms with Crippen LogP contribution in [0.25, 0.3) is 0 Å². The Bertz CT molecular complexity index is 553. The molecule has 0 amide bonds. The molecular weight excluding hydrogens is 283 g/mol. The Kier molecular flexibility index (Phi) is 4.82. The van der Waals surface area contributed by atoms with Crippen LogP contribution in [0.4, 0.5) is 0 Å². The fourth-order valence-corrected chi connectivity index (χ4v) is 2.46. The van der Waals surface area contributed by atoms with Crippen LogP contribution in [0.1, 0.15) is 30.8 Å².